The third kappa shape index (κ3) is 2.72. The highest BCUT2D eigenvalue weighted by molar-refractivity contribution is 5.79. The van der Waals surface area contributed by atoms with Crippen LogP contribution in [0.25, 0.3) is 11.0 Å². The lowest BCUT2D eigenvalue weighted by molar-refractivity contribution is 0.243. The third-order valence-electron chi connectivity index (χ3n) is 4.48. The molecule has 0 amide bonds. The van der Waals surface area contributed by atoms with E-state index in [2.05, 4.69) is 46.0 Å². The highest BCUT2D eigenvalue weighted by Gasteiger charge is 2.20. The van der Waals surface area contributed by atoms with Gasteiger partial charge in [0.25, 0.3) is 0 Å². The molecule has 0 aliphatic carbocycles. The van der Waals surface area contributed by atoms with Crippen LogP contribution in [0.15, 0.2) is 30.7 Å². The van der Waals surface area contributed by atoms with Crippen LogP contribution >= 0.6 is 0 Å². The Morgan fingerprint density at radius 1 is 1.30 bits per heavy atom. The molecule has 0 radical (unpaired) electrons. The molecule has 0 atom stereocenters. The van der Waals surface area contributed by atoms with Gasteiger partial charge in [-0.1, -0.05) is 13.8 Å². The molecule has 5 heteroatoms. The highest BCUT2D eigenvalue weighted by atomic mass is 15.1. The molecule has 1 aliphatic rings. The molecule has 3 aromatic rings. The van der Waals surface area contributed by atoms with Gasteiger partial charge in [-0.2, -0.15) is 0 Å². The van der Waals surface area contributed by atoms with Crippen LogP contribution in [0.2, 0.25) is 0 Å². The molecular weight excluding hydrogens is 286 g/mol. The van der Waals surface area contributed by atoms with E-state index < -0.39 is 0 Å². The molecule has 0 saturated heterocycles. The van der Waals surface area contributed by atoms with Crippen molar-refractivity contribution in [3.8, 4) is 0 Å². The Bertz CT molecular complexity index is 836. The highest BCUT2D eigenvalue weighted by Crippen LogP contribution is 2.23. The van der Waals surface area contributed by atoms with Gasteiger partial charge in [-0.15, -0.1) is 0 Å². The number of H-pyrrole nitrogens is 1. The van der Waals surface area contributed by atoms with Crippen molar-refractivity contribution < 1.29 is 0 Å². The molecule has 0 bridgehead atoms. The van der Waals surface area contributed by atoms with E-state index in [9.17, 15) is 0 Å². The van der Waals surface area contributed by atoms with Gasteiger partial charge >= 0.3 is 0 Å². The first-order valence-electron chi connectivity index (χ1n) is 8.18. The molecule has 0 spiro atoms. The van der Waals surface area contributed by atoms with E-state index in [1.165, 1.54) is 22.2 Å². The van der Waals surface area contributed by atoms with Crippen LogP contribution in [-0.2, 0) is 19.5 Å². The van der Waals surface area contributed by atoms with Crippen LogP contribution in [0.4, 0.5) is 0 Å². The van der Waals surface area contributed by atoms with E-state index >= 15 is 0 Å². The van der Waals surface area contributed by atoms with Gasteiger partial charge in [0.1, 0.15) is 11.5 Å². The third-order valence-corrected chi connectivity index (χ3v) is 4.48. The summed E-state index contributed by atoms with van der Waals surface area (Å²) < 4.78 is 0. The van der Waals surface area contributed by atoms with Crippen molar-refractivity contribution >= 4 is 11.0 Å². The number of nitrogens with one attached hydrogen (secondary N) is 1. The molecule has 23 heavy (non-hydrogen) atoms. The smallest absolute Gasteiger partial charge is 0.137 e. The zero-order valence-electron chi connectivity index (χ0n) is 13.6. The van der Waals surface area contributed by atoms with Crippen molar-refractivity contribution in [1.29, 1.82) is 0 Å². The molecule has 1 aliphatic heterocycles. The average molecular weight is 307 g/mol. The summed E-state index contributed by atoms with van der Waals surface area (Å²) in [6.45, 7) is 7.16. The number of hydrogen-bond donors (Lipinski definition) is 1. The number of fused-ring (bicyclic) bond motifs is 2. The first-order valence-corrected chi connectivity index (χ1v) is 8.18. The summed E-state index contributed by atoms with van der Waals surface area (Å²) >= 11 is 0. The van der Waals surface area contributed by atoms with Crippen LogP contribution in [0.5, 0.6) is 0 Å². The monoisotopic (exact) mass is 307 g/mol. The van der Waals surface area contributed by atoms with Crippen LogP contribution in [-0.4, -0.2) is 31.4 Å². The summed E-state index contributed by atoms with van der Waals surface area (Å²) in [7, 11) is 0. The standard InChI is InChI=1S/C18H21N5/c1-12(2)17-20-9-14-11-23(7-5-16(14)22-17)10-13-8-21-18-15(13)4-3-6-19-18/h3-4,6,8-9,12H,5,7,10-11H2,1-2H3,(H,19,21). The van der Waals surface area contributed by atoms with Crippen molar-refractivity contribution in [2.45, 2.75) is 39.3 Å². The molecule has 0 fully saturated rings. The van der Waals surface area contributed by atoms with Crippen molar-refractivity contribution in [3.63, 3.8) is 0 Å². The number of hydrogen-bond acceptors (Lipinski definition) is 4. The van der Waals surface area contributed by atoms with Crippen LogP contribution in [0, 0.1) is 0 Å². The topological polar surface area (TPSA) is 57.7 Å². The van der Waals surface area contributed by atoms with E-state index in [4.69, 9.17) is 4.98 Å². The number of aromatic amines is 1. The summed E-state index contributed by atoms with van der Waals surface area (Å²) in [5.41, 5.74) is 4.75. The maximum Gasteiger partial charge on any atom is 0.137 e. The van der Waals surface area contributed by atoms with Gasteiger partial charge in [-0.05, 0) is 17.7 Å². The zero-order chi connectivity index (χ0) is 15.8. The largest absolute Gasteiger partial charge is 0.346 e. The fraction of sp³-hybridized carbons (Fsp3) is 0.389. The fourth-order valence-corrected chi connectivity index (χ4v) is 3.19. The molecule has 5 nitrogen and oxygen atoms in total. The molecule has 4 rings (SSSR count). The molecule has 0 saturated carbocycles. The lowest BCUT2D eigenvalue weighted by Gasteiger charge is -2.28. The predicted molar refractivity (Wildman–Crippen MR) is 90.0 cm³/mol. The lowest BCUT2D eigenvalue weighted by Crippen LogP contribution is -2.31. The minimum absolute atomic E-state index is 0.386. The van der Waals surface area contributed by atoms with Gasteiger partial charge < -0.3 is 4.98 Å². The molecule has 4 heterocycles. The van der Waals surface area contributed by atoms with Crippen molar-refractivity contribution in [1.82, 2.24) is 24.8 Å². The fourth-order valence-electron chi connectivity index (χ4n) is 3.19. The van der Waals surface area contributed by atoms with Crippen molar-refractivity contribution in [3.05, 3.63) is 53.4 Å². The van der Waals surface area contributed by atoms with E-state index in [1.54, 1.807) is 0 Å². The Morgan fingerprint density at radius 3 is 3.09 bits per heavy atom. The Balaban J connectivity index is 1.54. The molecule has 0 unspecified atom stereocenters. The van der Waals surface area contributed by atoms with E-state index in [1.807, 2.05) is 18.5 Å². The second-order valence-corrected chi connectivity index (χ2v) is 6.53. The lowest BCUT2D eigenvalue weighted by atomic mass is 10.1. The maximum absolute atomic E-state index is 4.74. The summed E-state index contributed by atoms with van der Waals surface area (Å²) in [6, 6.07) is 4.12. The van der Waals surface area contributed by atoms with Gasteiger partial charge in [0.15, 0.2) is 0 Å². The Morgan fingerprint density at radius 2 is 2.22 bits per heavy atom. The van der Waals surface area contributed by atoms with Crippen LogP contribution in [0.1, 0.15) is 42.4 Å². The molecular formula is C18H21N5. The quantitative estimate of drug-likeness (QED) is 0.808. The number of nitrogens with zero attached hydrogens (tertiary/aromatic N) is 4. The summed E-state index contributed by atoms with van der Waals surface area (Å²) in [5.74, 6) is 1.34. The van der Waals surface area contributed by atoms with E-state index in [0.29, 0.717) is 5.92 Å². The van der Waals surface area contributed by atoms with Gasteiger partial charge in [-0.25, -0.2) is 15.0 Å². The van der Waals surface area contributed by atoms with Crippen molar-refractivity contribution in [2.75, 3.05) is 6.54 Å². The number of rotatable bonds is 3. The van der Waals surface area contributed by atoms with E-state index in [-0.39, 0.29) is 0 Å². The molecule has 1 N–H and O–H groups in total. The Kier molecular flexibility index (Phi) is 3.58. The van der Waals surface area contributed by atoms with Gasteiger partial charge in [0, 0.05) is 67.2 Å². The molecule has 118 valence electrons. The molecule has 3 aromatic heterocycles. The second-order valence-electron chi connectivity index (χ2n) is 6.53. The molecule has 0 aromatic carbocycles. The second kappa shape index (κ2) is 5.74. The van der Waals surface area contributed by atoms with Gasteiger partial charge in [0.2, 0.25) is 0 Å². The SMILES string of the molecule is CC(C)c1ncc2c(n1)CCN(Cc1c[nH]c3ncccc13)C2. The van der Waals surface area contributed by atoms with E-state index in [0.717, 1.165) is 37.5 Å². The summed E-state index contributed by atoms with van der Waals surface area (Å²) in [4.78, 5) is 19.3. The normalized spacial score (nSPS) is 15.3. The van der Waals surface area contributed by atoms with Crippen LogP contribution < -0.4 is 0 Å². The minimum atomic E-state index is 0.386. The minimum Gasteiger partial charge on any atom is -0.346 e. The first kappa shape index (κ1) is 14.3. The summed E-state index contributed by atoms with van der Waals surface area (Å²) in [5, 5.41) is 1.21. The van der Waals surface area contributed by atoms with Crippen LogP contribution in [0.3, 0.4) is 0 Å². The van der Waals surface area contributed by atoms with Crippen molar-refractivity contribution in [2.24, 2.45) is 0 Å². The summed E-state index contributed by atoms with van der Waals surface area (Å²) in [6.07, 6.45) is 6.91. The number of aromatic nitrogens is 4. The van der Waals surface area contributed by atoms with Gasteiger partial charge in [-0.3, -0.25) is 4.90 Å². The first-order chi connectivity index (χ1) is 11.2. The maximum atomic E-state index is 4.74. The Labute approximate surface area is 135 Å². The Hall–Kier alpha value is -2.27. The predicted octanol–water partition coefficient (Wildman–Crippen LogP) is 3.03. The van der Waals surface area contributed by atoms with Gasteiger partial charge in [0.05, 0.1) is 0 Å². The number of pyridine rings is 1. The average Bonchev–Trinajstić information content (AvgIpc) is 2.97. The zero-order valence-corrected chi connectivity index (χ0v) is 13.6.